The number of nitrogens with zero attached hydrogens (tertiary/aromatic N) is 1. The standard InChI is InChI=1S/C25H22Cl3N3O3/c1-25(2)12-20(30-23(33)22(32)29-3)18-11-17(13-4-6-14(26)7-5-13)21(31-24(18)34-25)16-9-8-15(27)10-19(16)28/h4-11,20H,12H2,1-3H3,(H,29,32)(H,30,33). The lowest BCUT2D eigenvalue weighted by molar-refractivity contribution is -0.139. The van der Waals surface area contributed by atoms with E-state index in [1.165, 1.54) is 7.05 Å². The number of hydrogen-bond acceptors (Lipinski definition) is 4. The van der Waals surface area contributed by atoms with E-state index in [1.807, 2.05) is 32.0 Å². The number of carbonyl (C=O) groups excluding carboxylic acids is 2. The Morgan fingerprint density at radius 1 is 0.971 bits per heavy atom. The van der Waals surface area contributed by atoms with Crippen LogP contribution in [-0.4, -0.2) is 29.4 Å². The van der Waals surface area contributed by atoms with E-state index in [1.54, 1.807) is 30.3 Å². The van der Waals surface area contributed by atoms with E-state index in [0.29, 0.717) is 44.2 Å². The Kier molecular flexibility index (Phi) is 6.76. The van der Waals surface area contributed by atoms with Crippen LogP contribution >= 0.6 is 34.8 Å². The molecule has 0 spiro atoms. The molecule has 0 fully saturated rings. The molecule has 1 aliphatic heterocycles. The lowest BCUT2D eigenvalue weighted by atomic mass is 9.88. The average Bonchev–Trinajstić information content (AvgIpc) is 2.77. The second-order valence-electron chi connectivity index (χ2n) is 8.58. The number of fused-ring (bicyclic) bond motifs is 1. The maximum Gasteiger partial charge on any atom is 0.309 e. The first-order valence-electron chi connectivity index (χ1n) is 10.6. The second-order valence-corrected chi connectivity index (χ2v) is 9.86. The summed E-state index contributed by atoms with van der Waals surface area (Å²) in [6.07, 6.45) is 0.450. The summed E-state index contributed by atoms with van der Waals surface area (Å²) in [5.74, 6) is -1.09. The smallest absolute Gasteiger partial charge is 0.309 e. The molecule has 1 aliphatic rings. The molecule has 1 atom stereocenters. The van der Waals surface area contributed by atoms with Gasteiger partial charge in [-0.15, -0.1) is 0 Å². The molecule has 2 N–H and O–H groups in total. The number of rotatable bonds is 3. The first-order chi connectivity index (χ1) is 16.1. The van der Waals surface area contributed by atoms with Gasteiger partial charge in [-0.1, -0.05) is 46.9 Å². The Balaban J connectivity index is 1.92. The molecule has 2 amide bonds. The minimum atomic E-state index is -0.728. The van der Waals surface area contributed by atoms with Crippen LogP contribution in [0.1, 0.15) is 31.9 Å². The summed E-state index contributed by atoms with van der Waals surface area (Å²) in [5, 5.41) is 6.71. The zero-order valence-corrected chi connectivity index (χ0v) is 21.0. The van der Waals surface area contributed by atoms with Crippen LogP contribution in [0.3, 0.4) is 0 Å². The van der Waals surface area contributed by atoms with Gasteiger partial charge in [-0.25, -0.2) is 4.98 Å². The van der Waals surface area contributed by atoms with E-state index >= 15 is 0 Å². The number of benzene rings is 2. The Hall–Kier alpha value is -2.80. The first-order valence-corrected chi connectivity index (χ1v) is 11.7. The maximum atomic E-state index is 12.4. The van der Waals surface area contributed by atoms with Crippen molar-refractivity contribution in [3.8, 4) is 28.3 Å². The lowest BCUT2D eigenvalue weighted by Crippen LogP contribution is -2.45. The summed E-state index contributed by atoms with van der Waals surface area (Å²) in [4.78, 5) is 29.1. The number of hydrogen-bond donors (Lipinski definition) is 2. The normalized spacial score (nSPS) is 16.2. The Morgan fingerprint density at radius 2 is 1.65 bits per heavy atom. The number of nitrogens with one attached hydrogen (secondary N) is 2. The molecule has 2 aromatic carbocycles. The van der Waals surface area contributed by atoms with Gasteiger partial charge in [0.15, 0.2) is 0 Å². The number of carbonyl (C=O) groups is 2. The zero-order chi connectivity index (χ0) is 24.6. The predicted octanol–water partition coefficient (Wildman–Crippen LogP) is 5.84. The quantitative estimate of drug-likeness (QED) is 0.427. The maximum absolute atomic E-state index is 12.4. The molecule has 4 rings (SSSR count). The van der Waals surface area contributed by atoms with Crippen molar-refractivity contribution < 1.29 is 14.3 Å². The Labute approximate surface area is 212 Å². The van der Waals surface area contributed by atoms with Crippen molar-refractivity contribution in [1.82, 2.24) is 15.6 Å². The van der Waals surface area contributed by atoms with E-state index in [4.69, 9.17) is 44.5 Å². The highest BCUT2D eigenvalue weighted by molar-refractivity contribution is 6.36. The highest BCUT2D eigenvalue weighted by Crippen LogP contribution is 2.44. The first kappa shape index (κ1) is 24.3. The van der Waals surface area contributed by atoms with Gasteiger partial charge in [0.1, 0.15) is 5.60 Å². The van der Waals surface area contributed by atoms with E-state index < -0.39 is 23.5 Å². The van der Waals surface area contributed by atoms with Crippen LogP contribution in [0.2, 0.25) is 15.1 Å². The van der Waals surface area contributed by atoms with Gasteiger partial charge in [-0.2, -0.15) is 0 Å². The fourth-order valence-corrected chi connectivity index (χ4v) is 4.57. The lowest BCUT2D eigenvalue weighted by Gasteiger charge is -2.37. The molecular formula is C25H22Cl3N3O3. The molecule has 0 aliphatic carbocycles. The van der Waals surface area contributed by atoms with Gasteiger partial charge in [0.2, 0.25) is 5.88 Å². The number of ether oxygens (including phenoxy) is 1. The topological polar surface area (TPSA) is 80.3 Å². The van der Waals surface area contributed by atoms with Crippen molar-refractivity contribution in [2.45, 2.75) is 31.9 Å². The molecular weight excluding hydrogens is 497 g/mol. The van der Waals surface area contributed by atoms with Crippen molar-refractivity contribution in [3.63, 3.8) is 0 Å². The number of aromatic nitrogens is 1. The van der Waals surface area contributed by atoms with E-state index in [2.05, 4.69) is 10.6 Å². The van der Waals surface area contributed by atoms with Gasteiger partial charge in [-0.3, -0.25) is 9.59 Å². The summed E-state index contributed by atoms with van der Waals surface area (Å²) in [6.45, 7) is 3.80. The predicted molar refractivity (Wildman–Crippen MR) is 134 cm³/mol. The fraction of sp³-hybridized carbons (Fsp3) is 0.240. The molecule has 0 saturated heterocycles. The van der Waals surface area contributed by atoms with E-state index in [9.17, 15) is 9.59 Å². The molecule has 176 valence electrons. The van der Waals surface area contributed by atoms with Gasteiger partial charge >= 0.3 is 11.8 Å². The van der Waals surface area contributed by atoms with Crippen LogP contribution in [0.25, 0.3) is 22.4 Å². The van der Waals surface area contributed by atoms with Crippen molar-refractivity contribution in [2.24, 2.45) is 0 Å². The summed E-state index contributed by atoms with van der Waals surface area (Å²) in [6, 6.07) is 14.0. The van der Waals surface area contributed by atoms with Crippen LogP contribution in [-0.2, 0) is 9.59 Å². The SMILES string of the molecule is CNC(=O)C(=O)NC1CC(C)(C)Oc2nc(-c3ccc(Cl)cc3Cl)c(-c3ccc(Cl)cc3)cc21. The third-order valence-corrected chi connectivity index (χ3v) is 6.34. The molecule has 0 radical (unpaired) electrons. The summed E-state index contributed by atoms with van der Waals surface area (Å²) in [5.41, 5.74) is 2.91. The van der Waals surface area contributed by atoms with Gasteiger partial charge in [0, 0.05) is 40.2 Å². The molecule has 0 bridgehead atoms. The Bertz CT molecular complexity index is 1280. The number of halogens is 3. The zero-order valence-electron chi connectivity index (χ0n) is 18.7. The van der Waals surface area contributed by atoms with Crippen molar-refractivity contribution in [3.05, 3.63) is 69.2 Å². The molecule has 6 nitrogen and oxygen atoms in total. The average molecular weight is 519 g/mol. The largest absolute Gasteiger partial charge is 0.471 e. The van der Waals surface area contributed by atoms with Crippen LogP contribution in [0.4, 0.5) is 0 Å². The number of pyridine rings is 1. The third kappa shape index (κ3) is 4.99. The molecule has 9 heteroatoms. The van der Waals surface area contributed by atoms with E-state index in [0.717, 1.165) is 11.1 Å². The number of likely N-dealkylation sites (N-methyl/N-ethyl adjacent to an activating group) is 1. The van der Waals surface area contributed by atoms with Crippen LogP contribution in [0.15, 0.2) is 48.5 Å². The second kappa shape index (κ2) is 9.45. The molecule has 34 heavy (non-hydrogen) atoms. The summed E-state index contributed by atoms with van der Waals surface area (Å²) in [7, 11) is 1.41. The molecule has 2 heterocycles. The molecule has 1 aromatic heterocycles. The van der Waals surface area contributed by atoms with Gasteiger partial charge < -0.3 is 15.4 Å². The summed E-state index contributed by atoms with van der Waals surface area (Å²) >= 11 is 18.8. The van der Waals surface area contributed by atoms with E-state index in [-0.39, 0.29) is 0 Å². The molecule has 1 unspecified atom stereocenters. The summed E-state index contributed by atoms with van der Waals surface area (Å²) < 4.78 is 6.20. The van der Waals surface area contributed by atoms with Crippen molar-refractivity contribution in [2.75, 3.05) is 7.05 Å². The molecule has 0 saturated carbocycles. The minimum absolute atomic E-state index is 0.359. The minimum Gasteiger partial charge on any atom is -0.471 e. The number of amides is 2. The van der Waals surface area contributed by atoms with Crippen molar-refractivity contribution >= 4 is 46.6 Å². The van der Waals surface area contributed by atoms with Gasteiger partial charge in [0.25, 0.3) is 0 Å². The third-order valence-electron chi connectivity index (χ3n) is 5.54. The Morgan fingerprint density at radius 3 is 2.29 bits per heavy atom. The van der Waals surface area contributed by atoms with Gasteiger partial charge in [-0.05, 0) is 55.8 Å². The van der Waals surface area contributed by atoms with Crippen molar-refractivity contribution in [1.29, 1.82) is 0 Å². The van der Waals surface area contributed by atoms with Crippen LogP contribution in [0.5, 0.6) is 5.88 Å². The van der Waals surface area contributed by atoms with Crippen LogP contribution in [0, 0.1) is 0 Å². The van der Waals surface area contributed by atoms with Crippen LogP contribution < -0.4 is 15.4 Å². The molecule has 3 aromatic rings. The van der Waals surface area contributed by atoms with Gasteiger partial charge in [0.05, 0.1) is 16.8 Å². The highest BCUT2D eigenvalue weighted by atomic mass is 35.5. The fourth-order valence-electron chi connectivity index (χ4n) is 3.95. The highest BCUT2D eigenvalue weighted by Gasteiger charge is 2.37. The monoisotopic (exact) mass is 517 g/mol.